The molecule has 2 heterocycles. The van der Waals surface area contributed by atoms with Crippen LogP contribution in [0.3, 0.4) is 0 Å². The first-order valence-electron chi connectivity index (χ1n) is 8.19. The second-order valence-corrected chi connectivity index (χ2v) is 7.27. The van der Waals surface area contributed by atoms with Gasteiger partial charge in [0.05, 0.1) is 23.9 Å². The molecule has 1 amide bonds. The van der Waals surface area contributed by atoms with Crippen molar-refractivity contribution in [1.82, 2.24) is 20.3 Å². The van der Waals surface area contributed by atoms with Gasteiger partial charge in [0.15, 0.2) is 0 Å². The highest BCUT2D eigenvalue weighted by atomic mass is 32.1. The molecule has 1 atom stereocenters. The zero-order chi connectivity index (χ0) is 18.7. The van der Waals surface area contributed by atoms with Crippen molar-refractivity contribution >= 4 is 17.2 Å². The molecule has 6 nitrogen and oxygen atoms in total. The zero-order valence-electron chi connectivity index (χ0n) is 15.1. The lowest BCUT2D eigenvalue weighted by molar-refractivity contribution is 0.0939. The van der Waals surface area contributed by atoms with Crippen LogP contribution in [0.15, 0.2) is 36.7 Å². The lowest BCUT2D eigenvalue weighted by Crippen LogP contribution is -2.27. The Hall–Kier alpha value is -2.80. The molecule has 26 heavy (non-hydrogen) atoms. The molecule has 3 rings (SSSR count). The molecule has 1 N–H and O–H groups in total. The van der Waals surface area contributed by atoms with Gasteiger partial charge < -0.3 is 10.1 Å². The van der Waals surface area contributed by atoms with E-state index in [1.807, 2.05) is 32.9 Å². The Balaban J connectivity index is 1.76. The van der Waals surface area contributed by atoms with Gasteiger partial charge in [-0.2, -0.15) is 0 Å². The number of aryl methyl sites for hydroxylation is 2. The molecule has 0 saturated heterocycles. The van der Waals surface area contributed by atoms with Crippen molar-refractivity contribution in [3.8, 4) is 17.1 Å². The van der Waals surface area contributed by atoms with Crippen LogP contribution in [0.5, 0.6) is 5.88 Å². The number of carbonyl (C=O) groups excluding carboxylic acids is 1. The lowest BCUT2D eigenvalue weighted by atomic mass is 10.1. The molecule has 2 aromatic heterocycles. The van der Waals surface area contributed by atoms with Crippen molar-refractivity contribution < 1.29 is 9.53 Å². The highest BCUT2D eigenvalue weighted by Gasteiger charge is 2.17. The van der Waals surface area contributed by atoms with Crippen LogP contribution >= 0.6 is 11.3 Å². The monoisotopic (exact) mass is 368 g/mol. The van der Waals surface area contributed by atoms with E-state index in [-0.39, 0.29) is 11.9 Å². The highest BCUT2D eigenvalue weighted by Crippen LogP contribution is 2.26. The van der Waals surface area contributed by atoms with Crippen LogP contribution in [0.2, 0.25) is 0 Å². The summed E-state index contributed by atoms with van der Waals surface area (Å²) in [7, 11) is 1.55. The van der Waals surface area contributed by atoms with Crippen LogP contribution in [0.25, 0.3) is 11.3 Å². The number of hydrogen-bond acceptors (Lipinski definition) is 6. The van der Waals surface area contributed by atoms with Crippen molar-refractivity contribution in [3.05, 3.63) is 57.8 Å². The van der Waals surface area contributed by atoms with Crippen LogP contribution in [-0.2, 0) is 0 Å². The summed E-state index contributed by atoms with van der Waals surface area (Å²) in [6.45, 7) is 5.93. The summed E-state index contributed by atoms with van der Waals surface area (Å²) in [5.41, 5.74) is 2.98. The summed E-state index contributed by atoms with van der Waals surface area (Å²) in [4.78, 5) is 26.6. The molecule has 0 bridgehead atoms. The van der Waals surface area contributed by atoms with E-state index in [9.17, 15) is 4.79 Å². The van der Waals surface area contributed by atoms with Gasteiger partial charge >= 0.3 is 0 Å². The minimum absolute atomic E-state index is 0.139. The molecule has 7 heteroatoms. The molecule has 1 aromatic carbocycles. The first-order valence-corrected chi connectivity index (χ1v) is 9.01. The molecule has 0 saturated carbocycles. The van der Waals surface area contributed by atoms with E-state index in [1.54, 1.807) is 43.0 Å². The van der Waals surface area contributed by atoms with Crippen LogP contribution in [0.1, 0.15) is 38.9 Å². The standard InChI is InChI=1S/C19H20N4O2S/c1-11(16-12(2)26-13(3)23-16)22-18(24)15-7-5-14(6-8-15)17-19(25-4)21-10-9-20-17/h5-11H,1-4H3,(H,22,24). The van der Waals surface area contributed by atoms with Gasteiger partial charge in [0, 0.05) is 28.4 Å². The van der Waals surface area contributed by atoms with E-state index < -0.39 is 0 Å². The van der Waals surface area contributed by atoms with Gasteiger partial charge in [-0.05, 0) is 32.9 Å². The van der Waals surface area contributed by atoms with E-state index in [2.05, 4.69) is 20.3 Å². The van der Waals surface area contributed by atoms with Crippen molar-refractivity contribution in [1.29, 1.82) is 0 Å². The van der Waals surface area contributed by atoms with E-state index in [0.717, 1.165) is 21.1 Å². The molecule has 0 aliphatic rings. The van der Waals surface area contributed by atoms with Crippen molar-refractivity contribution in [2.45, 2.75) is 26.8 Å². The largest absolute Gasteiger partial charge is 0.479 e. The Morgan fingerprint density at radius 1 is 1.15 bits per heavy atom. The number of nitrogens with one attached hydrogen (secondary N) is 1. The number of carbonyl (C=O) groups is 1. The second kappa shape index (κ2) is 7.61. The average Bonchev–Trinajstić information content (AvgIpc) is 3.00. The predicted molar refractivity (Wildman–Crippen MR) is 101 cm³/mol. The fourth-order valence-corrected chi connectivity index (χ4v) is 3.66. The summed E-state index contributed by atoms with van der Waals surface area (Å²) < 4.78 is 5.23. The molecule has 0 radical (unpaired) electrons. The molecule has 134 valence electrons. The Kier molecular flexibility index (Phi) is 5.27. The number of rotatable bonds is 5. The number of thiazole rings is 1. The van der Waals surface area contributed by atoms with Crippen LogP contribution < -0.4 is 10.1 Å². The molecule has 3 aromatic rings. The minimum Gasteiger partial charge on any atom is -0.479 e. The molecule has 0 aliphatic carbocycles. The Morgan fingerprint density at radius 3 is 2.46 bits per heavy atom. The summed E-state index contributed by atoms with van der Waals surface area (Å²) in [5, 5.41) is 4.00. The number of nitrogens with zero attached hydrogens (tertiary/aromatic N) is 3. The highest BCUT2D eigenvalue weighted by molar-refractivity contribution is 7.11. The van der Waals surface area contributed by atoms with Gasteiger partial charge in [0.25, 0.3) is 5.91 Å². The topological polar surface area (TPSA) is 77.0 Å². The third kappa shape index (κ3) is 3.72. The predicted octanol–water partition coefficient (Wildman–Crippen LogP) is 3.72. The minimum atomic E-state index is -0.146. The maximum absolute atomic E-state index is 12.5. The number of amides is 1. The zero-order valence-corrected chi connectivity index (χ0v) is 15.9. The van der Waals surface area contributed by atoms with Gasteiger partial charge in [0.2, 0.25) is 5.88 Å². The van der Waals surface area contributed by atoms with Crippen LogP contribution in [0.4, 0.5) is 0 Å². The normalized spacial score (nSPS) is 11.8. The lowest BCUT2D eigenvalue weighted by Gasteiger charge is -2.13. The smallest absolute Gasteiger partial charge is 0.251 e. The number of benzene rings is 1. The van der Waals surface area contributed by atoms with Crippen LogP contribution in [0, 0.1) is 13.8 Å². The first-order chi connectivity index (χ1) is 12.5. The number of aromatic nitrogens is 3. The second-order valence-electron chi connectivity index (χ2n) is 5.86. The summed E-state index contributed by atoms with van der Waals surface area (Å²) in [6.07, 6.45) is 3.19. The number of hydrogen-bond donors (Lipinski definition) is 1. The van der Waals surface area contributed by atoms with Gasteiger partial charge in [-0.15, -0.1) is 11.3 Å². The molecular weight excluding hydrogens is 348 g/mol. The Morgan fingerprint density at radius 2 is 1.85 bits per heavy atom. The fourth-order valence-electron chi connectivity index (χ4n) is 2.75. The summed E-state index contributed by atoms with van der Waals surface area (Å²) in [5.74, 6) is 0.313. The SMILES string of the molecule is COc1nccnc1-c1ccc(C(=O)NC(C)c2nc(C)sc2C)cc1. The number of ether oxygens (including phenoxy) is 1. The summed E-state index contributed by atoms with van der Waals surface area (Å²) >= 11 is 1.64. The van der Waals surface area contributed by atoms with Crippen molar-refractivity contribution in [3.63, 3.8) is 0 Å². The van der Waals surface area contributed by atoms with Crippen molar-refractivity contribution in [2.75, 3.05) is 7.11 Å². The molecule has 0 spiro atoms. The fraction of sp³-hybridized carbons (Fsp3) is 0.263. The van der Waals surface area contributed by atoms with Gasteiger partial charge in [-0.1, -0.05) is 12.1 Å². The van der Waals surface area contributed by atoms with E-state index in [4.69, 9.17) is 4.74 Å². The van der Waals surface area contributed by atoms with E-state index in [1.165, 1.54) is 0 Å². The third-order valence-corrected chi connectivity index (χ3v) is 4.88. The molecule has 1 unspecified atom stereocenters. The van der Waals surface area contributed by atoms with Crippen molar-refractivity contribution in [2.24, 2.45) is 0 Å². The summed E-state index contributed by atoms with van der Waals surface area (Å²) in [6, 6.07) is 7.07. The molecule has 0 fully saturated rings. The molecule has 0 aliphatic heterocycles. The quantitative estimate of drug-likeness (QED) is 0.743. The van der Waals surface area contributed by atoms with Gasteiger partial charge in [0.1, 0.15) is 5.69 Å². The third-order valence-electron chi connectivity index (χ3n) is 3.98. The molecular formula is C19H20N4O2S. The van der Waals surface area contributed by atoms with Gasteiger partial charge in [-0.3, -0.25) is 4.79 Å². The Labute approximate surface area is 156 Å². The van der Waals surface area contributed by atoms with E-state index >= 15 is 0 Å². The first kappa shape index (κ1) is 18.0. The maximum atomic E-state index is 12.5. The van der Waals surface area contributed by atoms with E-state index in [0.29, 0.717) is 17.1 Å². The number of methoxy groups -OCH3 is 1. The van der Waals surface area contributed by atoms with Crippen LogP contribution in [-0.4, -0.2) is 28.0 Å². The maximum Gasteiger partial charge on any atom is 0.251 e. The average molecular weight is 368 g/mol. The Bertz CT molecular complexity index is 922. The van der Waals surface area contributed by atoms with Gasteiger partial charge in [-0.25, -0.2) is 15.0 Å².